The number of rotatable bonds is 3. The van der Waals surface area contributed by atoms with Gasteiger partial charge in [0.05, 0.1) is 0 Å². The molecule has 3 nitrogen and oxygen atoms in total. The minimum Gasteiger partial charge on any atom is -0.350 e. The molecule has 1 saturated carbocycles. The summed E-state index contributed by atoms with van der Waals surface area (Å²) in [5, 5.41) is 0.329. The topological polar surface area (TPSA) is 29.0 Å². The second kappa shape index (κ2) is 4.72. The lowest BCUT2D eigenvalue weighted by molar-refractivity contribution is -0.144. The molecule has 0 spiro atoms. The molecule has 1 heterocycles. The van der Waals surface area contributed by atoms with E-state index in [1.54, 1.807) is 11.9 Å². The van der Waals surface area contributed by atoms with E-state index in [-0.39, 0.29) is 0 Å². The van der Waals surface area contributed by atoms with Gasteiger partial charge in [-0.05, 0) is 18.8 Å². The molecular weight excluding hydrogens is 319 g/mol. The summed E-state index contributed by atoms with van der Waals surface area (Å²) in [6, 6.07) is 0. The van der Waals surface area contributed by atoms with Crippen LogP contribution < -0.4 is 4.90 Å². The van der Waals surface area contributed by atoms with Crippen molar-refractivity contribution in [3.8, 4) is 0 Å². The lowest BCUT2D eigenvalue weighted by atomic mass is 9.85. The van der Waals surface area contributed by atoms with Crippen LogP contribution in [0.5, 0.6) is 0 Å². The van der Waals surface area contributed by atoms with Gasteiger partial charge in [0.1, 0.15) is 0 Å². The lowest BCUT2D eigenvalue weighted by Crippen LogP contribution is -2.34. The van der Waals surface area contributed by atoms with E-state index >= 15 is 0 Å². The smallest absolute Gasteiger partial charge is 0.350 e. The summed E-state index contributed by atoms with van der Waals surface area (Å²) in [6.45, 7) is 0.731. The lowest BCUT2D eigenvalue weighted by Gasteiger charge is -2.34. The van der Waals surface area contributed by atoms with Gasteiger partial charge in [0.15, 0.2) is 0 Å². The molecule has 0 aliphatic heterocycles. The van der Waals surface area contributed by atoms with E-state index in [4.69, 9.17) is 0 Å². The van der Waals surface area contributed by atoms with Crippen LogP contribution in [0.1, 0.15) is 18.7 Å². The molecule has 17 heavy (non-hydrogen) atoms. The van der Waals surface area contributed by atoms with Crippen molar-refractivity contribution in [2.75, 3.05) is 18.5 Å². The number of aromatic nitrogens is 2. The molecule has 2 rings (SSSR count). The van der Waals surface area contributed by atoms with E-state index in [1.165, 1.54) is 0 Å². The Morgan fingerprint density at radius 2 is 2.12 bits per heavy atom. The Morgan fingerprint density at radius 1 is 1.47 bits per heavy atom. The Morgan fingerprint density at radius 3 is 2.59 bits per heavy atom. The monoisotopic (exact) mass is 329 g/mol. The van der Waals surface area contributed by atoms with Crippen LogP contribution in [0, 0.1) is 5.92 Å². The first-order chi connectivity index (χ1) is 7.86. The first-order valence-corrected chi connectivity index (χ1v) is 6.81. The summed E-state index contributed by atoms with van der Waals surface area (Å²) in [6.07, 6.45) is -2.32. The van der Waals surface area contributed by atoms with Crippen molar-refractivity contribution in [2.24, 2.45) is 5.92 Å². The predicted octanol–water partition coefficient (Wildman–Crippen LogP) is 3.17. The summed E-state index contributed by atoms with van der Waals surface area (Å²) in [5.74, 6) is -0.515. The summed E-state index contributed by atoms with van der Waals surface area (Å²) in [5.41, 5.74) is 0. The molecule has 1 aromatic heterocycles. The van der Waals surface area contributed by atoms with Crippen LogP contribution >= 0.6 is 27.5 Å². The third kappa shape index (κ3) is 3.09. The Bertz CT molecular complexity index is 389. The van der Waals surface area contributed by atoms with Crippen molar-refractivity contribution < 1.29 is 13.2 Å². The molecule has 1 aliphatic carbocycles. The van der Waals surface area contributed by atoms with Crippen molar-refractivity contribution in [3.63, 3.8) is 0 Å². The van der Waals surface area contributed by atoms with Gasteiger partial charge in [-0.3, -0.25) is 0 Å². The van der Waals surface area contributed by atoms with Crippen LogP contribution in [0.3, 0.4) is 0 Å². The van der Waals surface area contributed by atoms with Gasteiger partial charge in [0.2, 0.25) is 11.0 Å². The number of alkyl halides is 4. The highest BCUT2D eigenvalue weighted by molar-refractivity contribution is 9.09. The van der Waals surface area contributed by atoms with Gasteiger partial charge < -0.3 is 4.90 Å². The van der Waals surface area contributed by atoms with Gasteiger partial charge in [-0.25, -0.2) is 0 Å². The van der Waals surface area contributed by atoms with E-state index in [2.05, 4.69) is 25.3 Å². The second-order valence-corrected chi connectivity index (χ2v) is 6.24. The quantitative estimate of drug-likeness (QED) is 0.797. The van der Waals surface area contributed by atoms with Crippen LogP contribution in [0.15, 0.2) is 0 Å². The van der Waals surface area contributed by atoms with Gasteiger partial charge in [0, 0.05) is 30.0 Å². The molecule has 0 saturated heterocycles. The molecule has 0 aromatic carbocycles. The molecule has 1 fully saturated rings. The third-order valence-corrected chi connectivity index (χ3v) is 4.28. The molecule has 0 amide bonds. The SMILES string of the molecule is CN(CC1CC(Br)C1)c1nc(C(F)(F)F)ns1. The van der Waals surface area contributed by atoms with Crippen molar-refractivity contribution in [3.05, 3.63) is 5.82 Å². The van der Waals surface area contributed by atoms with E-state index in [0.717, 1.165) is 30.9 Å². The average Bonchev–Trinajstić information content (AvgIpc) is 2.63. The van der Waals surface area contributed by atoms with Crippen LogP contribution in [0.2, 0.25) is 0 Å². The standard InChI is InChI=1S/C9H11BrF3N3S/c1-16(4-5-2-6(10)3-5)8-14-7(15-17-8)9(11,12)13/h5-6H,2-4H2,1H3. The molecule has 0 N–H and O–H groups in total. The maximum Gasteiger partial charge on any atom is 0.452 e. The van der Waals surface area contributed by atoms with Crippen molar-refractivity contribution in [1.82, 2.24) is 9.36 Å². The maximum absolute atomic E-state index is 12.3. The van der Waals surface area contributed by atoms with Gasteiger partial charge in [-0.1, -0.05) is 15.9 Å². The van der Waals surface area contributed by atoms with E-state index in [9.17, 15) is 13.2 Å². The summed E-state index contributed by atoms with van der Waals surface area (Å²) >= 11 is 4.28. The Labute approximate surface area is 109 Å². The number of halogens is 4. The van der Waals surface area contributed by atoms with Crippen LogP contribution in [0.4, 0.5) is 18.3 Å². The van der Waals surface area contributed by atoms with E-state index < -0.39 is 12.0 Å². The maximum atomic E-state index is 12.3. The number of anilines is 1. The summed E-state index contributed by atoms with van der Waals surface area (Å²) in [4.78, 5) is 5.81. The van der Waals surface area contributed by atoms with E-state index in [1.807, 2.05) is 0 Å². The normalized spacial score (nSPS) is 24.5. The predicted molar refractivity (Wildman–Crippen MR) is 63.6 cm³/mol. The highest BCUT2D eigenvalue weighted by Crippen LogP contribution is 2.35. The fourth-order valence-corrected chi connectivity index (χ4v) is 3.47. The molecule has 1 aromatic rings. The number of hydrogen-bond acceptors (Lipinski definition) is 4. The second-order valence-electron chi connectivity index (χ2n) is 4.21. The highest BCUT2D eigenvalue weighted by atomic mass is 79.9. The molecule has 1 aliphatic rings. The zero-order valence-corrected chi connectivity index (χ0v) is 11.4. The third-order valence-electron chi connectivity index (χ3n) is 2.71. The van der Waals surface area contributed by atoms with Crippen LogP contribution in [-0.2, 0) is 6.18 Å². The largest absolute Gasteiger partial charge is 0.452 e. The first-order valence-electron chi connectivity index (χ1n) is 5.12. The van der Waals surface area contributed by atoms with Gasteiger partial charge in [-0.2, -0.15) is 22.5 Å². The first kappa shape index (κ1) is 13.1. The molecule has 96 valence electrons. The fraction of sp³-hybridized carbons (Fsp3) is 0.778. The Balaban J connectivity index is 1.95. The minimum atomic E-state index is -4.45. The number of nitrogens with zero attached hydrogens (tertiary/aromatic N) is 3. The van der Waals surface area contributed by atoms with Crippen LogP contribution in [-0.4, -0.2) is 27.8 Å². The summed E-state index contributed by atoms with van der Waals surface area (Å²) < 4.78 is 40.3. The highest BCUT2D eigenvalue weighted by Gasteiger charge is 2.36. The van der Waals surface area contributed by atoms with Crippen molar-refractivity contribution in [1.29, 1.82) is 0 Å². The molecule has 0 bridgehead atoms. The van der Waals surface area contributed by atoms with Gasteiger partial charge in [0.25, 0.3) is 0 Å². The molecule has 0 unspecified atom stereocenters. The minimum absolute atomic E-state index is 0.329. The Hall–Kier alpha value is -0.370. The average molecular weight is 330 g/mol. The van der Waals surface area contributed by atoms with Crippen molar-refractivity contribution in [2.45, 2.75) is 23.8 Å². The Kier molecular flexibility index (Phi) is 3.63. The molecular formula is C9H11BrF3N3S. The van der Waals surface area contributed by atoms with Crippen LogP contribution in [0.25, 0.3) is 0 Å². The van der Waals surface area contributed by atoms with Gasteiger partial charge >= 0.3 is 6.18 Å². The zero-order chi connectivity index (χ0) is 12.6. The fourth-order valence-electron chi connectivity index (χ4n) is 1.75. The van der Waals surface area contributed by atoms with E-state index in [0.29, 0.717) is 15.9 Å². The molecule has 8 heteroatoms. The van der Waals surface area contributed by atoms with Crippen molar-refractivity contribution >= 4 is 32.6 Å². The summed E-state index contributed by atoms with van der Waals surface area (Å²) in [7, 11) is 1.75. The number of hydrogen-bond donors (Lipinski definition) is 0. The van der Waals surface area contributed by atoms with Gasteiger partial charge in [-0.15, -0.1) is 0 Å². The molecule has 0 radical (unpaired) electrons. The molecule has 0 atom stereocenters. The zero-order valence-electron chi connectivity index (χ0n) is 9.04.